The Morgan fingerprint density at radius 1 is 1.15 bits per heavy atom. The van der Waals surface area contributed by atoms with Crippen molar-refractivity contribution < 1.29 is 0 Å². The van der Waals surface area contributed by atoms with Crippen LogP contribution in [0.25, 0.3) is 0 Å². The number of nitrogens with zero attached hydrogens (tertiary/aromatic N) is 2. The fourth-order valence-electron chi connectivity index (χ4n) is 3.65. The number of halogens is 2. The van der Waals surface area contributed by atoms with Crippen molar-refractivity contribution in [2.75, 3.05) is 16.9 Å². The Hall–Kier alpha value is -0.710. The second-order valence-corrected chi connectivity index (χ2v) is 6.53. The summed E-state index contributed by atoms with van der Waals surface area (Å²) >= 11 is 12.4. The van der Waals surface area contributed by atoms with Crippen molar-refractivity contribution in [3.63, 3.8) is 0 Å². The minimum atomic E-state index is 0.457. The lowest BCUT2D eigenvalue weighted by Gasteiger charge is -2.45. The van der Waals surface area contributed by atoms with E-state index in [2.05, 4.69) is 15.3 Å². The Labute approximate surface area is 129 Å². The SMILES string of the molecule is NNc1nc(N2CCC[C@H]3CCCC[C@H]32)c(Cl)cc1Cl. The van der Waals surface area contributed by atoms with Crippen LogP contribution in [0.4, 0.5) is 11.6 Å². The van der Waals surface area contributed by atoms with Gasteiger partial charge in [0.15, 0.2) is 5.82 Å². The molecule has 6 heteroatoms. The third-order valence-electron chi connectivity index (χ3n) is 4.56. The molecule has 3 rings (SSSR count). The van der Waals surface area contributed by atoms with Gasteiger partial charge in [-0.05, 0) is 37.7 Å². The van der Waals surface area contributed by atoms with E-state index in [0.29, 0.717) is 21.9 Å². The highest BCUT2D eigenvalue weighted by Crippen LogP contribution is 2.40. The largest absolute Gasteiger partial charge is 0.352 e. The molecular formula is C14H20Cl2N4. The highest BCUT2D eigenvalue weighted by Gasteiger charge is 2.34. The molecule has 0 unspecified atom stereocenters. The summed E-state index contributed by atoms with van der Waals surface area (Å²) in [4.78, 5) is 6.90. The highest BCUT2D eigenvalue weighted by molar-refractivity contribution is 6.37. The zero-order chi connectivity index (χ0) is 14.1. The van der Waals surface area contributed by atoms with E-state index in [0.717, 1.165) is 18.3 Å². The van der Waals surface area contributed by atoms with Gasteiger partial charge in [0, 0.05) is 12.6 Å². The molecule has 1 saturated carbocycles. The maximum absolute atomic E-state index is 6.37. The summed E-state index contributed by atoms with van der Waals surface area (Å²) in [5, 5.41) is 1.07. The maximum atomic E-state index is 6.37. The average Bonchev–Trinajstić information content (AvgIpc) is 2.47. The van der Waals surface area contributed by atoms with Crippen LogP contribution in [-0.2, 0) is 0 Å². The van der Waals surface area contributed by atoms with Crippen molar-refractivity contribution >= 4 is 34.8 Å². The van der Waals surface area contributed by atoms with E-state index in [1.54, 1.807) is 6.07 Å². The monoisotopic (exact) mass is 314 g/mol. The van der Waals surface area contributed by atoms with Crippen LogP contribution in [0.1, 0.15) is 38.5 Å². The molecule has 1 aliphatic carbocycles. The third-order valence-corrected chi connectivity index (χ3v) is 5.13. The number of fused-ring (bicyclic) bond motifs is 1. The van der Waals surface area contributed by atoms with E-state index in [-0.39, 0.29) is 0 Å². The molecule has 1 aromatic heterocycles. The molecule has 0 spiro atoms. The van der Waals surface area contributed by atoms with Crippen molar-refractivity contribution in [1.29, 1.82) is 0 Å². The molecule has 0 radical (unpaired) electrons. The van der Waals surface area contributed by atoms with Crippen molar-refractivity contribution in [3.8, 4) is 0 Å². The Morgan fingerprint density at radius 2 is 1.90 bits per heavy atom. The summed E-state index contributed by atoms with van der Waals surface area (Å²) in [5.74, 6) is 7.56. The molecule has 110 valence electrons. The van der Waals surface area contributed by atoms with Gasteiger partial charge < -0.3 is 10.3 Å². The quantitative estimate of drug-likeness (QED) is 0.643. The van der Waals surface area contributed by atoms with Gasteiger partial charge >= 0.3 is 0 Å². The van der Waals surface area contributed by atoms with E-state index < -0.39 is 0 Å². The molecule has 0 amide bonds. The molecule has 1 aliphatic heterocycles. The van der Waals surface area contributed by atoms with Crippen LogP contribution < -0.4 is 16.2 Å². The Kier molecular flexibility index (Phi) is 4.24. The lowest BCUT2D eigenvalue weighted by atomic mass is 9.78. The minimum absolute atomic E-state index is 0.457. The number of piperidine rings is 1. The fourth-order valence-corrected chi connectivity index (χ4v) is 4.17. The molecule has 20 heavy (non-hydrogen) atoms. The number of hydrazine groups is 1. The van der Waals surface area contributed by atoms with E-state index in [1.807, 2.05) is 0 Å². The van der Waals surface area contributed by atoms with Gasteiger partial charge in [0.05, 0.1) is 10.0 Å². The lowest BCUT2D eigenvalue weighted by molar-refractivity contribution is 0.243. The first kappa shape index (κ1) is 14.2. The predicted octanol–water partition coefficient (Wildman–Crippen LogP) is 3.83. The van der Waals surface area contributed by atoms with Crippen LogP contribution >= 0.6 is 23.2 Å². The summed E-state index contributed by atoms with van der Waals surface area (Å²) in [5.41, 5.74) is 2.55. The summed E-state index contributed by atoms with van der Waals surface area (Å²) in [6.07, 6.45) is 7.74. The third kappa shape index (κ3) is 2.57. The molecule has 4 nitrogen and oxygen atoms in total. The summed E-state index contributed by atoms with van der Waals surface area (Å²) in [6.45, 7) is 1.01. The van der Waals surface area contributed by atoms with Crippen molar-refractivity contribution in [2.45, 2.75) is 44.6 Å². The number of rotatable bonds is 2. The number of hydrogen-bond donors (Lipinski definition) is 2. The van der Waals surface area contributed by atoms with Crippen LogP contribution in [0.15, 0.2) is 6.07 Å². The number of nitrogen functional groups attached to an aromatic ring is 1. The molecule has 0 bridgehead atoms. The molecule has 2 atom stereocenters. The van der Waals surface area contributed by atoms with Crippen LogP contribution in [0, 0.1) is 5.92 Å². The molecule has 1 aromatic rings. The smallest absolute Gasteiger partial charge is 0.161 e. The van der Waals surface area contributed by atoms with E-state index >= 15 is 0 Å². The van der Waals surface area contributed by atoms with Crippen LogP contribution in [-0.4, -0.2) is 17.6 Å². The van der Waals surface area contributed by atoms with Gasteiger partial charge in [-0.3, -0.25) is 0 Å². The lowest BCUT2D eigenvalue weighted by Crippen LogP contribution is -2.47. The zero-order valence-electron chi connectivity index (χ0n) is 11.4. The number of pyridine rings is 1. The second-order valence-electron chi connectivity index (χ2n) is 5.72. The van der Waals surface area contributed by atoms with Gasteiger partial charge in [-0.2, -0.15) is 0 Å². The Bertz CT molecular complexity index is 492. The van der Waals surface area contributed by atoms with Gasteiger partial charge in [-0.25, -0.2) is 10.8 Å². The van der Waals surface area contributed by atoms with Gasteiger partial charge in [-0.1, -0.05) is 36.0 Å². The predicted molar refractivity (Wildman–Crippen MR) is 84.4 cm³/mol. The Balaban J connectivity index is 1.94. The van der Waals surface area contributed by atoms with Gasteiger partial charge in [-0.15, -0.1) is 0 Å². The summed E-state index contributed by atoms with van der Waals surface area (Å²) in [6, 6.07) is 2.29. The van der Waals surface area contributed by atoms with Crippen LogP contribution in [0.2, 0.25) is 10.0 Å². The number of nitrogens with one attached hydrogen (secondary N) is 1. The highest BCUT2D eigenvalue weighted by atomic mass is 35.5. The molecular weight excluding hydrogens is 295 g/mol. The topological polar surface area (TPSA) is 54.2 Å². The molecule has 2 fully saturated rings. The number of hydrogen-bond acceptors (Lipinski definition) is 4. The van der Waals surface area contributed by atoms with Crippen molar-refractivity contribution in [2.24, 2.45) is 11.8 Å². The first-order valence-electron chi connectivity index (χ1n) is 7.30. The van der Waals surface area contributed by atoms with Gasteiger partial charge in [0.25, 0.3) is 0 Å². The summed E-state index contributed by atoms with van der Waals surface area (Å²) < 4.78 is 0. The first-order chi connectivity index (χ1) is 9.70. The van der Waals surface area contributed by atoms with Crippen LogP contribution in [0.5, 0.6) is 0 Å². The maximum Gasteiger partial charge on any atom is 0.161 e. The van der Waals surface area contributed by atoms with E-state index in [4.69, 9.17) is 29.0 Å². The second kappa shape index (κ2) is 5.96. The molecule has 2 heterocycles. The number of nitrogens with two attached hydrogens (primary N) is 1. The average molecular weight is 315 g/mol. The molecule has 0 aromatic carbocycles. The summed E-state index contributed by atoms with van der Waals surface area (Å²) in [7, 11) is 0. The normalized spacial score (nSPS) is 26.2. The minimum Gasteiger partial charge on any atom is -0.352 e. The molecule has 3 N–H and O–H groups in total. The van der Waals surface area contributed by atoms with Gasteiger partial charge in [0.2, 0.25) is 0 Å². The zero-order valence-corrected chi connectivity index (χ0v) is 12.9. The molecule has 2 aliphatic rings. The first-order valence-corrected chi connectivity index (χ1v) is 8.05. The van der Waals surface area contributed by atoms with Crippen molar-refractivity contribution in [1.82, 2.24) is 4.98 Å². The molecule has 1 saturated heterocycles. The van der Waals surface area contributed by atoms with Crippen LogP contribution in [0.3, 0.4) is 0 Å². The van der Waals surface area contributed by atoms with E-state index in [9.17, 15) is 0 Å². The van der Waals surface area contributed by atoms with Gasteiger partial charge in [0.1, 0.15) is 5.82 Å². The van der Waals surface area contributed by atoms with Crippen molar-refractivity contribution in [3.05, 3.63) is 16.1 Å². The van der Waals surface area contributed by atoms with E-state index in [1.165, 1.54) is 38.5 Å². The Morgan fingerprint density at radius 3 is 2.70 bits per heavy atom. The standard InChI is InChI=1S/C14H20Cl2N4/c15-10-8-11(16)14(18-13(10)19-17)20-7-3-5-9-4-1-2-6-12(9)20/h8-9,12H,1-7,17H2,(H,18,19)/t9-,12-/m1/s1. The fraction of sp³-hybridized carbons (Fsp3) is 0.643. The number of aromatic nitrogens is 1. The number of anilines is 2.